The van der Waals surface area contributed by atoms with E-state index in [0.717, 1.165) is 49.9 Å². The normalized spacial score (nSPS) is 12.0. The van der Waals surface area contributed by atoms with Crippen LogP contribution in [-0.2, 0) is 0 Å². The molecule has 0 aliphatic heterocycles. The highest BCUT2D eigenvalue weighted by Crippen LogP contribution is 2.43. The maximum Gasteiger partial charge on any atom is 0.138 e. The van der Waals surface area contributed by atoms with Gasteiger partial charge in [-0.1, -0.05) is 140 Å². The van der Waals surface area contributed by atoms with Gasteiger partial charge in [-0.15, -0.1) is 0 Å². The van der Waals surface area contributed by atoms with Crippen molar-refractivity contribution in [2.45, 2.75) is 0 Å². The van der Waals surface area contributed by atoms with Gasteiger partial charge in [0.15, 0.2) is 0 Å². The van der Waals surface area contributed by atoms with Crippen LogP contribution in [0.15, 0.2) is 199 Å². The molecule has 55 heavy (non-hydrogen) atoms. The van der Waals surface area contributed by atoms with Gasteiger partial charge in [0.25, 0.3) is 0 Å². The monoisotopic (exact) mass is 700 g/mol. The molecule has 9 aromatic carbocycles. The summed E-state index contributed by atoms with van der Waals surface area (Å²) in [5.41, 5.74) is 13.4. The minimum atomic E-state index is 0.878. The van der Waals surface area contributed by atoms with Gasteiger partial charge in [0.05, 0.1) is 33.1 Å². The molecule has 0 bridgehead atoms. The Bertz CT molecular complexity index is 3480. The molecule has 3 heterocycles. The molecule has 3 nitrogen and oxygen atoms in total. The number of furan rings is 1. The maximum atomic E-state index is 6.68. The lowest BCUT2D eigenvalue weighted by Gasteiger charge is -2.14. The van der Waals surface area contributed by atoms with E-state index in [1.54, 1.807) is 0 Å². The van der Waals surface area contributed by atoms with Crippen LogP contribution in [0.5, 0.6) is 0 Å². The molecule has 256 valence electrons. The average molecular weight is 701 g/mol. The van der Waals surface area contributed by atoms with E-state index in [1.807, 2.05) is 0 Å². The summed E-state index contributed by atoms with van der Waals surface area (Å²) in [6.07, 6.45) is 0. The van der Waals surface area contributed by atoms with Gasteiger partial charge in [0.1, 0.15) is 11.2 Å². The van der Waals surface area contributed by atoms with Crippen LogP contribution in [0.4, 0.5) is 0 Å². The molecule has 0 saturated heterocycles. The fourth-order valence-electron chi connectivity index (χ4n) is 9.06. The van der Waals surface area contributed by atoms with Gasteiger partial charge in [-0.3, -0.25) is 0 Å². The van der Waals surface area contributed by atoms with Crippen LogP contribution in [0, 0.1) is 0 Å². The predicted octanol–water partition coefficient (Wildman–Crippen LogP) is 14.3. The van der Waals surface area contributed by atoms with Gasteiger partial charge in [0, 0.05) is 32.6 Å². The van der Waals surface area contributed by atoms with E-state index in [1.165, 1.54) is 60.0 Å². The summed E-state index contributed by atoms with van der Waals surface area (Å²) < 4.78 is 11.5. The summed E-state index contributed by atoms with van der Waals surface area (Å²) >= 11 is 0. The summed E-state index contributed by atoms with van der Waals surface area (Å²) in [5, 5.41) is 9.61. The molecule has 3 heteroatoms. The molecule has 0 atom stereocenters. The van der Waals surface area contributed by atoms with Crippen molar-refractivity contribution in [1.29, 1.82) is 0 Å². The first-order valence-corrected chi connectivity index (χ1v) is 18.8. The number of rotatable bonds is 4. The third-order valence-corrected chi connectivity index (χ3v) is 11.5. The Kier molecular flexibility index (Phi) is 6.34. The lowest BCUT2D eigenvalue weighted by molar-refractivity contribution is 0.669. The van der Waals surface area contributed by atoms with Crippen LogP contribution in [0.3, 0.4) is 0 Å². The van der Waals surface area contributed by atoms with Gasteiger partial charge in [0.2, 0.25) is 0 Å². The molecule has 12 aromatic rings. The lowest BCUT2D eigenvalue weighted by atomic mass is 9.96. The molecule has 12 rings (SSSR count). The van der Waals surface area contributed by atoms with Gasteiger partial charge in [-0.05, 0) is 87.6 Å². The molecule has 0 spiro atoms. The second kappa shape index (κ2) is 11.6. The summed E-state index contributed by atoms with van der Waals surface area (Å²) in [4.78, 5) is 0. The average Bonchev–Trinajstić information content (AvgIpc) is 3.90. The van der Waals surface area contributed by atoms with Gasteiger partial charge in [-0.25, -0.2) is 0 Å². The Hall–Kier alpha value is -7.36. The first kappa shape index (κ1) is 30.1. The molecular weight excluding hydrogens is 669 g/mol. The van der Waals surface area contributed by atoms with Crippen molar-refractivity contribution in [2.75, 3.05) is 0 Å². The Morgan fingerprint density at radius 3 is 1.64 bits per heavy atom. The van der Waals surface area contributed by atoms with Crippen molar-refractivity contribution in [1.82, 2.24) is 9.13 Å². The molecular formula is C52H32N2O. The van der Waals surface area contributed by atoms with E-state index in [0.29, 0.717) is 0 Å². The van der Waals surface area contributed by atoms with E-state index in [4.69, 9.17) is 4.42 Å². The Morgan fingerprint density at radius 2 is 0.891 bits per heavy atom. The number of para-hydroxylation sites is 4. The van der Waals surface area contributed by atoms with Crippen molar-refractivity contribution in [2.24, 2.45) is 0 Å². The third-order valence-electron chi connectivity index (χ3n) is 11.5. The minimum absolute atomic E-state index is 0.878. The quantitative estimate of drug-likeness (QED) is 0.179. The van der Waals surface area contributed by atoms with Crippen molar-refractivity contribution in [3.8, 4) is 33.6 Å². The first-order valence-electron chi connectivity index (χ1n) is 18.8. The zero-order chi connectivity index (χ0) is 36.0. The Morgan fingerprint density at radius 1 is 0.327 bits per heavy atom. The molecule has 0 unspecified atom stereocenters. The number of nitrogens with zero attached hydrogens (tertiary/aromatic N) is 2. The third kappa shape index (κ3) is 4.44. The zero-order valence-electron chi connectivity index (χ0n) is 29.8. The second-order valence-corrected chi connectivity index (χ2v) is 14.5. The predicted molar refractivity (Wildman–Crippen MR) is 231 cm³/mol. The summed E-state index contributed by atoms with van der Waals surface area (Å²) in [6.45, 7) is 0. The van der Waals surface area contributed by atoms with E-state index >= 15 is 0 Å². The standard InChI is InChI=1S/C52H32N2O/c1-2-15-37(16-3-1)53-45-22-9-6-18-40(45)42-27-25-34(29-47(42)53)35-26-28-43-41-19-7-10-23-46(41)54(48(43)30-35)49-31-36(39-21-12-14-33-13-4-5-17-38(33)39)32-51-52(49)44-20-8-11-24-50(44)55-51/h1-32H. The van der Waals surface area contributed by atoms with Crippen LogP contribution < -0.4 is 0 Å². The van der Waals surface area contributed by atoms with Crippen molar-refractivity contribution in [3.05, 3.63) is 194 Å². The number of benzene rings is 9. The Labute approximate surface area is 316 Å². The lowest BCUT2D eigenvalue weighted by Crippen LogP contribution is -1.96. The van der Waals surface area contributed by atoms with Crippen LogP contribution in [0.25, 0.3) is 110 Å². The first-order chi connectivity index (χ1) is 27.3. The molecule has 0 amide bonds. The van der Waals surface area contributed by atoms with Crippen LogP contribution in [-0.4, -0.2) is 9.13 Å². The SMILES string of the molecule is c1ccc(-n2c3ccccc3c3ccc(-c4ccc5c6ccccc6n(-c6cc(-c7cccc8ccccc78)cc7oc8ccccc8c67)c5c4)cc32)cc1. The smallest absolute Gasteiger partial charge is 0.138 e. The number of aromatic nitrogens is 2. The van der Waals surface area contributed by atoms with Crippen LogP contribution in [0.2, 0.25) is 0 Å². The van der Waals surface area contributed by atoms with Gasteiger partial charge in [-0.2, -0.15) is 0 Å². The number of fused-ring (bicyclic) bond motifs is 10. The second-order valence-electron chi connectivity index (χ2n) is 14.5. The van der Waals surface area contributed by atoms with Crippen LogP contribution >= 0.6 is 0 Å². The highest BCUT2D eigenvalue weighted by molar-refractivity contribution is 6.16. The van der Waals surface area contributed by atoms with E-state index in [2.05, 4.69) is 203 Å². The molecule has 0 N–H and O–H groups in total. The van der Waals surface area contributed by atoms with Gasteiger partial charge >= 0.3 is 0 Å². The van der Waals surface area contributed by atoms with E-state index in [9.17, 15) is 0 Å². The molecule has 0 saturated carbocycles. The summed E-state index contributed by atoms with van der Waals surface area (Å²) in [6, 6.07) is 70.3. The largest absolute Gasteiger partial charge is 0.456 e. The van der Waals surface area contributed by atoms with Crippen LogP contribution in [0.1, 0.15) is 0 Å². The molecule has 0 radical (unpaired) electrons. The highest BCUT2D eigenvalue weighted by atomic mass is 16.3. The minimum Gasteiger partial charge on any atom is -0.456 e. The van der Waals surface area contributed by atoms with E-state index in [-0.39, 0.29) is 0 Å². The maximum absolute atomic E-state index is 6.68. The highest BCUT2D eigenvalue weighted by Gasteiger charge is 2.21. The number of hydrogen-bond donors (Lipinski definition) is 0. The fourth-order valence-corrected chi connectivity index (χ4v) is 9.06. The number of hydrogen-bond acceptors (Lipinski definition) is 1. The Balaban J connectivity index is 1.15. The molecule has 0 aliphatic carbocycles. The fraction of sp³-hybridized carbons (Fsp3) is 0. The van der Waals surface area contributed by atoms with Crippen molar-refractivity contribution in [3.63, 3.8) is 0 Å². The summed E-state index contributed by atoms with van der Waals surface area (Å²) in [5.74, 6) is 0. The summed E-state index contributed by atoms with van der Waals surface area (Å²) in [7, 11) is 0. The van der Waals surface area contributed by atoms with Crippen molar-refractivity contribution >= 4 is 76.3 Å². The van der Waals surface area contributed by atoms with E-state index < -0.39 is 0 Å². The molecule has 0 aliphatic rings. The topological polar surface area (TPSA) is 23.0 Å². The zero-order valence-corrected chi connectivity index (χ0v) is 29.8. The van der Waals surface area contributed by atoms with Gasteiger partial charge < -0.3 is 13.6 Å². The van der Waals surface area contributed by atoms with Crippen molar-refractivity contribution < 1.29 is 4.42 Å². The molecule has 3 aromatic heterocycles. The molecule has 0 fully saturated rings.